The molecule has 3 aromatic carbocycles. The van der Waals surface area contributed by atoms with Crippen molar-refractivity contribution in [2.24, 2.45) is 5.92 Å². The summed E-state index contributed by atoms with van der Waals surface area (Å²) in [5.41, 5.74) is 0.575. The van der Waals surface area contributed by atoms with Crippen LogP contribution < -0.4 is 16.0 Å². The van der Waals surface area contributed by atoms with E-state index in [1.54, 1.807) is 30.3 Å². The van der Waals surface area contributed by atoms with Crippen molar-refractivity contribution in [3.05, 3.63) is 95.3 Å². The Morgan fingerprint density at radius 1 is 0.980 bits per heavy atom. The molecule has 2 amide bonds. The highest BCUT2D eigenvalue weighted by Crippen LogP contribution is 2.37. The molecule has 4 atom stereocenters. The van der Waals surface area contributed by atoms with Crippen LogP contribution in [0.3, 0.4) is 0 Å². The van der Waals surface area contributed by atoms with Gasteiger partial charge in [-0.3, -0.25) is 4.79 Å². The van der Waals surface area contributed by atoms with Gasteiger partial charge >= 0.3 is 6.09 Å². The standard InChI is InChI=1S/C35H41F3N4O6S/c1-22-20-39-21-25(42(22)49(45,46)26-7-4-3-5-8-26)12-13-27-28(36)9-6-10-31(27)40-34(43)33(41-35(44)47-2)32(23-15-17-48-18-16-23)24-11-14-29(37)30(38)19-24/h3-11,14,19,22-23,25,32-33,39H,12-13,15-18,20-21H2,1-2H3,(H,40,43)(H,41,44)/t22-,25+,32-,33+/m1/s1. The number of carbonyl (C=O) groups excluding carboxylic acids is 2. The molecule has 2 fully saturated rings. The number of halogens is 3. The molecule has 0 bridgehead atoms. The molecule has 14 heteroatoms. The summed E-state index contributed by atoms with van der Waals surface area (Å²) in [7, 11) is -2.73. The van der Waals surface area contributed by atoms with Crippen molar-refractivity contribution in [2.45, 2.75) is 61.5 Å². The van der Waals surface area contributed by atoms with Crippen LogP contribution in [-0.2, 0) is 30.7 Å². The number of nitrogens with zero attached hydrogens (tertiary/aromatic N) is 1. The maximum atomic E-state index is 15.5. The molecular formula is C35H41F3N4O6S. The molecule has 0 aromatic heterocycles. The first-order valence-corrected chi connectivity index (χ1v) is 17.7. The van der Waals surface area contributed by atoms with E-state index in [-0.39, 0.29) is 40.9 Å². The fourth-order valence-corrected chi connectivity index (χ4v) is 8.73. The molecule has 10 nitrogen and oxygen atoms in total. The molecule has 0 unspecified atom stereocenters. The van der Waals surface area contributed by atoms with Crippen LogP contribution in [-0.4, -0.2) is 76.3 Å². The molecule has 2 aliphatic heterocycles. The zero-order valence-corrected chi connectivity index (χ0v) is 28.1. The summed E-state index contributed by atoms with van der Waals surface area (Å²) in [5.74, 6) is -4.57. The molecule has 2 heterocycles. The highest BCUT2D eigenvalue weighted by Gasteiger charge is 2.40. The third-order valence-corrected chi connectivity index (χ3v) is 11.3. The number of carbonyl (C=O) groups is 2. The van der Waals surface area contributed by atoms with Crippen molar-refractivity contribution in [2.75, 3.05) is 38.7 Å². The molecule has 0 saturated carbocycles. The molecule has 0 spiro atoms. The van der Waals surface area contributed by atoms with Gasteiger partial charge in [0.05, 0.1) is 12.0 Å². The van der Waals surface area contributed by atoms with Gasteiger partial charge < -0.3 is 25.4 Å². The number of ether oxygens (including phenoxy) is 2. The van der Waals surface area contributed by atoms with Crippen LogP contribution in [0.2, 0.25) is 0 Å². The Morgan fingerprint density at radius 2 is 1.71 bits per heavy atom. The second kappa shape index (κ2) is 16.2. The van der Waals surface area contributed by atoms with Crippen molar-refractivity contribution >= 4 is 27.7 Å². The Balaban J connectivity index is 1.43. The van der Waals surface area contributed by atoms with Crippen molar-refractivity contribution in [3.8, 4) is 0 Å². The Morgan fingerprint density at radius 3 is 2.41 bits per heavy atom. The van der Waals surface area contributed by atoms with Crippen LogP contribution in [0.4, 0.5) is 23.7 Å². The van der Waals surface area contributed by atoms with Crippen molar-refractivity contribution < 1.29 is 40.7 Å². The van der Waals surface area contributed by atoms with Gasteiger partial charge in [0.15, 0.2) is 11.6 Å². The highest BCUT2D eigenvalue weighted by atomic mass is 32.2. The van der Waals surface area contributed by atoms with Crippen LogP contribution in [0, 0.1) is 23.4 Å². The number of nitrogens with one attached hydrogen (secondary N) is 3. The van der Waals surface area contributed by atoms with Gasteiger partial charge in [-0.25, -0.2) is 26.4 Å². The van der Waals surface area contributed by atoms with E-state index in [4.69, 9.17) is 9.47 Å². The number of hydrogen-bond acceptors (Lipinski definition) is 7. The van der Waals surface area contributed by atoms with Crippen molar-refractivity contribution in [1.29, 1.82) is 0 Å². The maximum Gasteiger partial charge on any atom is 0.407 e. The minimum absolute atomic E-state index is 0.0732. The van der Waals surface area contributed by atoms with Gasteiger partial charge in [-0.2, -0.15) is 4.31 Å². The first-order chi connectivity index (χ1) is 23.5. The molecular weight excluding hydrogens is 661 g/mol. The summed E-state index contributed by atoms with van der Waals surface area (Å²) in [5, 5.41) is 8.60. The fourth-order valence-electron chi connectivity index (χ4n) is 6.86. The van der Waals surface area contributed by atoms with Crippen LogP contribution in [0.1, 0.15) is 43.2 Å². The molecule has 3 N–H and O–H groups in total. The Labute approximate surface area is 284 Å². The zero-order valence-electron chi connectivity index (χ0n) is 27.3. The normalized spacial score (nSPS) is 20.3. The van der Waals surface area contributed by atoms with Crippen molar-refractivity contribution in [1.82, 2.24) is 14.9 Å². The number of methoxy groups -OCH3 is 1. The van der Waals surface area contributed by atoms with E-state index in [1.165, 1.54) is 28.6 Å². The molecule has 264 valence electrons. The summed E-state index contributed by atoms with van der Waals surface area (Å²) in [4.78, 5) is 26.9. The van der Waals surface area contributed by atoms with E-state index in [0.717, 1.165) is 19.2 Å². The van der Waals surface area contributed by atoms with Gasteiger partial charge in [-0.05, 0) is 80.5 Å². The van der Waals surface area contributed by atoms with Gasteiger partial charge in [-0.1, -0.05) is 30.3 Å². The Bertz CT molecular complexity index is 1730. The van der Waals surface area contributed by atoms with Crippen LogP contribution in [0.25, 0.3) is 0 Å². The predicted octanol–water partition coefficient (Wildman–Crippen LogP) is 4.96. The fraction of sp³-hybridized carbons (Fsp3) is 0.429. The minimum Gasteiger partial charge on any atom is -0.453 e. The van der Waals surface area contributed by atoms with E-state index >= 15 is 4.39 Å². The number of benzene rings is 3. The van der Waals surface area contributed by atoms with E-state index < -0.39 is 57.5 Å². The number of piperazine rings is 1. The van der Waals surface area contributed by atoms with Gasteiger partial charge in [-0.15, -0.1) is 0 Å². The zero-order chi connectivity index (χ0) is 35.1. The van der Waals surface area contributed by atoms with Crippen LogP contribution in [0.15, 0.2) is 71.6 Å². The number of alkyl carbamates (subject to hydrolysis) is 1. The summed E-state index contributed by atoms with van der Waals surface area (Å²) in [6.45, 7) is 3.35. The molecule has 2 saturated heterocycles. The van der Waals surface area contributed by atoms with Crippen LogP contribution in [0.5, 0.6) is 0 Å². The summed E-state index contributed by atoms with van der Waals surface area (Å²) in [6, 6.07) is 13.5. The average molecular weight is 703 g/mol. The second-order valence-corrected chi connectivity index (χ2v) is 14.2. The third-order valence-electron chi connectivity index (χ3n) is 9.24. The number of anilines is 1. The molecule has 0 aliphatic carbocycles. The lowest BCUT2D eigenvalue weighted by atomic mass is 9.76. The lowest BCUT2D eigenvalue weighted by Crippen LogP contribution is -2.58. The monoisotopic (exact) mass is 702 g/mol. The van der Waals surface area contributed by atoms with Crippen LogP contribution >= 0.6 is 0 Å². The Kier molecular flexibility index (Phi) is 12.0. The number of rotatable bonds is 11. The molecule has 3 aromatic rings. The number of sulfonamides is 1. The average Bonchev–Trinajstić information content (AvgIpc) is 3.09. The second-order valence-electron chi connectivity index (χ2n) is 12.4. The SMILES string of the molecule is COC(=O)N[C@H](C(=O)Nc1cccc(F)c1CC[C@H]1CNC[C@@H](C)N1S(=O)(=O)c1ccccc1)[C@@H](c1ccc(F)c(F)c1)C1CCOCC1. The smallest absolute Gasteiger partial charge is 0.407 e. The molecule has 5 rings (SSSR count). The predicted molar refractivity (Wildman–Crippen MR) is 177 cm³/mol. The van der Waals surface area contributed by atoms with Gasteiger partial charge in [0.25, 0.3) is 0 Å². The largest absolute Gasteiger partial charge is 0.453 e. The lowest BCUT2D eigenvalue weighted by Gasteiger charge is -2.40. The first kappa shape index (κ1) is 36.3. The van der Waals surface area contributed by atoms with Gasteiger partial charge in [0.1, 0.15) is 11.9 Å². The third kappa shape index (κ3) is 8.43. The lowest BCUT2D eigenvalue weighted by molar-refractivity contribution is -0.119. The van der Waals surface area contributed by atoms with Gasteiger partial charge in [0, 0.05) is 55.6 Å². The van der Waals surface area contributed by atoms with Gasteiger partial charge in [0.2, 0.25) is 15.9 Å². The van der Waals surface area contributed by atoms with Crippen molar-refractivity contribution in [3.63, 3.8) is 0 Å². The maximum absolute atomic E-state index is 15.5. The summed E-state index contributed by atoms with van der Waals surface area (Å²) in [6.07, 6.45) is 0.355. The minimum atomic E-state index is -3.86. The summed E-state index contributed by atoms with van der Waals surface area (Å²) < 4.78 is 83.2. The quantitative estimate of drug-likeness (QED) is 0.258. The Hall–Kier alpha value is -3.98. The van der Waals surface area contributed by atoms with E-state index in [0.29, 0.717) is 44.7 Å². The number of hydrogen-bond donors (Lipinski definition) is 3. The molecule has 49 heavy (non-hydrogen) atoms. The van der Waals surface area contributed by atoms with E-state index in [1.807, 2.05) is 6.92 Å². The topological polar surface area (TPSA) is 126 Å². The molecule has 0 radical (unpaired) electrons. The van der Waals surface area contributed by atoms with E-state index in [9.17, 15) is 26.8 Å². The number of amides is 2. The first-order valence-electron chi connectivity index (χ1n) is 16.3. The molecule has 2 aliphatic rings. The van der Waals surface area contributed by atoms with E-state index in [2.05, 4.69) is 16.0 Å². The summed E-state index contributed by atoms with van der Waals surface area (Å²) >= 11 is 0. The highest BCUT2D eigenvalue weighted by molar-refractivity contribution is 7.89.